The molecule has 1 aromatic carbocycles. The van der Waals surface area contributed by atoms with Crippen molar-refractivity contribution in [1.82, 2.24) is 4.31 Å². The molecule has 1 aromatic heterocycles. The Bertz CT molecular complexity index is 681. The van der Waals surface area contributed by atoms with Gasteiger partial charge in [0, 0.05) is 13.6 Å². The number of hydrogen-bond acceptors (Lipinski definition) is 3. The van der Waals surface area contributed by atoms with Crippen molar-refractivity contribution in [3.8, 4) is 0 Å². The van der Waals surface area contributed by atoms with E-state index in [4.69, 9.17) is 0 Å². The molecule has 0 radical (unpaired) electrons. The quantitative estimate of drug-likeness (QED) is 0.856. The highest BCUT2D eigenvalue weighted by atomic mass is 32.2. The molecule has 2 rings (SSSR count). The van der Waals surface area contributed by atoms with Crippen molar-refractivity contribution >= 4 is 21.4 Å². The first kappa shape index (κ1) is 16.2. The Kier molecular flexibility index (Phi) is 4.56. The number of rotatable bonds is 4. The minimum absolute atomic E-state index is 0.105. The fourth-order valence-electron chi connectivity index (χ4n) is 2.02. The molecular weight excluding hydrogens is 302 g/mol. The van der Waals surface area contributed by atoms with Crippen molar-refractivity contribution in [3.63, 3.8) is 0 Å². The molecule has 0 unspecified atom stereocenters. The molecule has 0 aliphatic carbocycles. The number of sulfonamides is 1. The van der Waals surface area contributed by atoms with Gasteiger partial charge in [0.1, 0.15) is 4.21 Å². The molecule has 0 amide bonds. The third kappa shape index (κ3) is 3.73. The summed E-state index contributed by atoms with van der Waals surface area (Å²) in [5.41, 5.74) is 2.34. The van der Waals surface area contributed by atoms with E-state index in [-0.39, 0.29) is 5.41 Å². The zero-order valence-corrected chi connectivity index (χ0v) is 14.5. The van der Waals surface area contributed by atoms with Crippen LogP contribution in [0.2, 0.25) is 0 Å². The van der Waals surface area contributed by atoms with Crippen LogP contribution in [0.25, 0.3) is 0 Å². The van der Waals surface area contributed by atoms with E-state index < -0.39 is 10.0 Å². The number of nitrogens with zero attached hydrogens (tertiary/aromatic N) is 1. The topological polar surface area (TPSA) is 37.4 Å². The fourth-order valence-corrected chi connectivity index (χ4v) is 4.38. The zero-order chi connectivity index (χ0) is 15.7. The van der Waals surface area contributed by atoms with Crippen molar-refractivity contribution in [2.45, 2.75) is 36.9 Å². The van der Waals surface area contributed by atoms with E-state index in [2.05, 4.69) is 32.9 Å². The molecule has 1 heterocycles. The largest absolute Gasteiger partial charge is 0.252 e. The Morgan fingerprint density at radius 2 is 1.71 bits per heavy atom. The zero-order valence-electron chi connectivity index (χ0n) is 12.8. The number of hydrogen-bond donors (Lipinski definition) is 0. The summed E-state index contributed by atoms with van der Waals surface area (Å²) >= 11 is 1.24. The van der Waals surface area contributed by atoms with Gasteiger partial charge in [0.15, 0.2) is 0 Å². The number of benzene rings is 1. The monoisotopic (exact) mass is 323 g/mol. The maximum atomic E-state index is 12.4. The minimum atomic E-state index is -3.38. The van der Waals surface area contributed by atoms with Crippen LogP contribution in [0.15, 0.2) is 46.0 Å². The van der Waals surface area contributed by atoms with E-state index in [0.717, 1.165) is 5.56 Å². The molecule has 114 valence electrons. The molecule has 0 atom stereocenters. The molecular formula is C16H21NO2S2. The second-order valence-electron chi connectivity index (χ2n) is 6.14. The van der Waals surface area contributed by atoms with Gasteiger partial charge in [-0.05, 0) is 28.0 Å². The standard InChI is InChI=1S/C16H21NO2S2/c1-16(2,3)14-9-7-13(8-10-14)12-17(4)21(18,19)15-6-5-11-20-15/h5-11H,12H2,1-4H3. The Morgan fingerprint density at radius 1 is 1.10 bits per heavy atom. The molecule has 0 aliphatic rings. The van der Waals surface area contributed by atoms with Crippen molar-refractivity contribution in [1.29, 1.82) is 0 Å². The lowest BCUT2D eigenvalue weighted by Crippen LogP contribution is -2.25. The van der Waals surface area contributed by atoms with Crippen LogP contribution in [0, 0.1) is 0 Å². The second-order valence-corrected chi connectivity index (χ2v) is 9.36. The summed E-state index contributed by atoms with van der Waals surface area (Å²) < 4.78 is 26.5. The predicted molar refractivity (Wildman–Crippen MR) is 88.1 cm³/mol. The fraction of sp³-hybridized carbons (Fsp3) is 0.375. The van der Waals surface area contributed by atoms with Gasteiger partial charge < -0.3 is 0 Å². The smallest absolute Gasteiger partial charge is 0.206 e. The van der Waals surface area contributed by atoms with Gasteiger partial charge in [-0.15, -0.1) is 11.3 Å². The van der Waals surface area contributed by atoms with Crippen LogP contribution in [0.3, 0.4) is 0 Å². The Morgan fingerprint density at radius 3 is 2.19 bits per heavy atom. The third-order valence-corrected chi connectivity index (χ3v) is 6.56. The van der Waals surface area contributed by atoms with Crippen molar-refractivity contribution in [2.75, 3.05) is 7.05 Å². The second kappa shape index (κ2) is 5.91. The van der Waals surface area contributed by atoms with Gasteiger partial charge in [0.2, 0.25) is 0 Å². The number of thiophene rings is 1. The van der Waals surface area contributed by atoms with Gasteiger partial charge >= 0.3 is 0 Å². The van der Waals surface area contributed by atoms with E-state index in [1.54, 1.807) is 24.6 Å². The Hall–Kier alpha value is -1.17. The van der Waals surface area contributed by atoms with E-state index >= 15 is 0 Å². The highest BCUT2D eigenvalue weighted by Gasteiger charge is 2.22. The summed E-state index contributed by atoms with van der Waals surface area (Å²) in [4.78, 5) is 0. The summed E-state index contributed by atoms with van der Waals surface area (Å²) in [5.74, 6) is 0. The van der Waals surface area contributed by atoms with Gasteiger partial charge in [0.25, 0.3) is 10.0 Å². The van der Waals surface area contributed by atoms with Gasteiger partial charge in [0.05, 0.1) is 0 Å². The molecule has 2 aromatic rings. The SMILES string of the molecule is CN(Cc1ccc(C(C)(C)C)cc1)S(=O)(=O)c1cccs1. The molecule has 0 N–H and O–H groups in total. The lowest BCUT2D eigenvalue weighted by molar-refractivity contribution is 0.468. The first-order chi connectivity index (χ1) is 9.71. The van der Waals surface area contributed by atoms with E-state index in [1.807, 2.05) is 12.1 Å². The van der Waals surface area contributed by atoms with Crippen molar-refractivity contribution in [2.24, 2.45) is 0 Å². The lowest BCUT2D eigenvalue weighted by atomic mass is 9.87. The molecule has 0 saturated heterocycles. The van der Waals surface area contributed by atoms with E-state index in [0.29, 0.717) is 10.8 Å². The predicted octanol–water partition coefficient (Wildman–Crippen LogP) is 3.87. The van der Waals surface area contributed by atoms with Crippen LogP contribution < -0.4 is 0 Å². The summed E-state index contributed by atoms with van der Waals surface area (Å²) in [6, 6.07) is 11.5. The van der Waals surface area contributed by atoms with Crippen LogP contribution in [0.5, 0.6) is 0 Å². The third-order valence-electron chi connectivity index (χ3n) is 3.38. The molecule has 0 fully saturated rings. The van der Waals surface area contributed by atoms with Crippen LogP contribution >= 0.6 is 11.3 Å². The summed E-state index contributed by atoms with van der Waals surface area (Å²) in [7, 11) is -1.76. The average molecular weight is 323 g/mol. The average Bonchev–Trinajstić information content (AvgIpc) is 2.92. The summed E-state index contributed by atoms with van der Waals surface area (Å²) in [6.45, 7) is 6.87. The van der Waals surface area contributed by atoms with Crippen molar-refractivity contribution in [3.05, 3.63) is 52.9 Å². The van der Waals surface area contributed by atoms with Crippen LogP contribution in [0.1, 0.15) is 31.9 Å². The minimum Gasteiger partial charge on any atom is -0.206 e. The highest BCUT2D eigenvalue weighted by Crippen LogP contribution is 2.24. The highest BCUT2D eigenvalue weighted by molar-refractivity contribution is 7.91. The van der Waals surface area contributed by atoms with E-state index in [1.165, 1.54) is 21.2 Å². The Labute approximate surface area is 131 Å². The molecule has 0 spiro atoms. The lowest BCUT2D eigenvalue weighted by Gasteiger charge is -2.20. The first-order valence-corrected chi connectivity index (χ1v) is 9.12. The van der Waals surface area contributed by atoms with Gasteiger partial charge in [-0.1, -0.05) is 51.1 Å². The maximum Gasteiger partial charge on any atom is 0.252 e. The molecule has 5 heteroatoms. The first-order valence-electron chi connectivity index (χ1n) is 6.80. The van der Waals surface area contributed by atoms with Crippen LogP contribution in [0.4, 0.5) is 0 Å². The summed E-state index contributed by atoms with van der Waals surface area (Å²) in [5, 5.41) is 1.78. The van der Waals surface area contributed by atoms with Gasteiger partial charge in [-0.3, -0.25) is 0 Å². The molecule has 21 heavy (non-hydrogen) atoms. The molecule has 3 nitrogen and oxygen atoms in total. The van der Waals surface area contributed by atoms with Gasteiger partial charge in [-0.2, -0.15) is 4.31 Å². The normalized spacial score (nSPS) is 12.8. The van der Waals surface area contributed by atoms with E-state index in [9.17, 15) is 8.42 Å². The Balaban J connectivity index is 2.15. The summed E-state index contributed by atoms with van der Waals surface area (Å²) in [6.07, 6.45) is 0. The molecule has 0 saturated carbocycles. The van der Waals surface area contributed by atoms with Crippen LogP contribution in [-0.4, -0.2) is 19.8 Å². The van der Waals surface area contributed by atoms with Crippen LogP contribution in [-0.2, 0) is 22.0 Å². The van der Waals surface area contributed by atoms with Gasteiger partial charge in [-0.25, -0.2) is 8.42 Å². The van der Waals surface area contributed by atoms with Crippen molar-refractivity contribution < 1.29 is 8.42 Å². The molecule has 0 bridgehead atoms. The maximum absolute atomic E-state index is 12.4. The molecule has 0 aliphatic heterocycles.